The van der Waals surface area contributed by atoms with Crippen molar-refractivity contribution in [3.05, 3.63) is 22.2 Å². The Labute approximate surface area is 174 Å². The first-order valence-electron chi connectivity index (χ1n) is 9.67. The van der Waals surface area contributed by atoms with Crippen molar-refractivity contribution in [2.75, 3.05) is 45.6 Å². The molecule has 2 amide bonds. The van der Waals surface area contributed by atoms with Crippen LogP contribution >= 0.6 is 11.6 Å². The van der Waals surface area contributed by atoms with Gasteiger partial charge in [-0.15, -0.1) is 0 Å². The van der Waals surface area contributed by atoms with Gasteiger partial charge < -0.3 is 35.8 Å². The number of piperidine rings is 1. The largest absolute Gasteiger partial charge is 0.492 e. The highest BCUT2D eigenvalue weighted by atomic mass is 35.5. The molecular weight excluding hydrogens is 400 g/mol. The number of rotatable bonds is 7. The summed E-state index contributed by atoms with van der Waals surface area (Å²) in [5, 5.41) is 14.4. The molecule has 0 aliphatic carbocycles. The fraction of sp³-hybridized carbons (Fsp3) is 0.579. The van der Waals surface area contributed by atoms with Crippen molar-refractivity contribution < 1.29 is 24.2 Å². The second-order valence-corrected chi connectivity index (χ2v) is 7.66. The summed E-state index contributed by atoms with van der Waals surface area (Å²) in [7, 11) is 1.63. The molecule has 160 valence electrons. The lowest BCUT2D eigenvalue weighted by molar-refractivity contribution is 0.00619. The quantitative estimate of drug-likeness (QED) is 0.382. The molecule has 1 aromatic rings. The van der Waals surface area contributed by atoms with Crippen LogP contribution in [0.25, 0.3) is 0 Å². The van der Waals surface area contributed by atoms with Crippen LogP contribution in [0.15, 0.2) is 6.07 Å². The number of anilines is 1. The van der Waals surface area contributed by atoms with Gasteiger partial charge in [0.05, 0.1) is 35.0 Å². The van der Waals surface area contributed by atoms with E-state index in [-0.39, 0.29) is 18.1 Å². The summed E-state index contributed by atoms with van der Waals surface area (Å²) in [4.78, 5) is 25.7. The van der Waals surface area contributed by atoms with Gasteiger partial charge in [0.2, 0.25) is 0 Å². The fourth-order valence-corrected chi connectivity index (χ4v) is 4.09. The highest BCUT2D eigenvalue weighted by Crippen LogP contribution is 2.38. The highest BCUT2D eigenvalue weighted by Gasteiger charge is 2.32. The molecule has 0 saturated carbocycles. The molecule has 1 fully saturated rings. The zero-order chi connectivity index (χ0) is 21.0. The average molecular weight is 427 g/mol. The van der Waals surface area contributed by atoms with Crippen molar-refractivity contribution in [3.63, 3.8) is 0 Å². The van der Waals surface area contributed by atoms with Gasteiger partial charge in [-0.05, 0) is 25.5 Å². The van der Waals surface area contributed by atoms with Crippen LogP contribution in [-0.4, -0.2) is 74.0 Å². The molecule has 9 nitrogen and oxygen atoms in total. The normalized spacial score (nSPS) is 21.3. The molecule has 2 heterocycles. The molecule has 1 saturated heterocycles. The summed E-state index contributed by atoms with van der Waals surface area (Å²) >= 11 is 6.21. The molecule has 10 heteroatoms. The Morgan fingerprint density at radius 3 is 3.00 bits per heavy atom. The van der Waals surface area contributed by atoms with Gasteiger partial charge in [0.25, 0.3) is 5.91 Å². The maximum atomic E-state index is 12.9. The van der Waals surface area contributed by atoms with Gasteiger partial charge in [-0.2, -0.15) is 0 Å². The van der Waals surface area contributed by atoms with E-state index in [4.69, 9.17) is 31.9 Å². The number of ether oxygens (including phenoxy) is 2. The predicted octanol–water partition coefficient (Wildman–Crippen LogP) is 1.33. The van der Waals surface area contributed by atoms with Gasteiger partial charge >= 0.3 is 6.09 Å². The molecule has 0 bridgehead atoms. The molecule has 1 aromatic carbocycles. The number of benzene rings is 1. The second-order valence-electron chi connectivity index (χ2n) is 7.25. The molecule has 3 rings (SSSR count). The first kappa shape index (κ1) is 21.5. The number of nitrogen functional groups attached to an aromatic ring is 1. The Morgan fingerprint density at radius 1 is 1.48 bits per heavy atom. The molecule has 0 spiro atoms. The first-order valence-corrected chi connectivity index (χ1v) is 10.0. The number of carboxylic acid groups (broad SMARTS) is 1. The second kappa shape index (κ2) is 9.51. The van der Waals surface area contributed by atoms with Crippen molar-refractivity contribution in [3.8, 4) is 5.75 Å². The van der Waals surface area contributed by atoms with E-state index in [1.807, 2.05) is 0 Å². The maximum absolute atomic E-state index is 12.9. The molecular formula is C19H27ClN4O5. The van der Waals surface area contributed by atoms with Crippen molar-refractivity contribution in [2.24, 2.45) is 0 Å². The summed E-state index contributed by atoms with van der Waals surface area (Å²) in [5.74, 6) is 0.262. The van der Waals surface area contributed by atoms with Gasteiger partial charge in [-0.1, -0.05) is 11.6 Å². The molecule has 2 atom stereocenters. The molecule has 0 aromatic heterocycles. The smallest absolute Gasteiger partial charge is 0.404 e. The number of methoxy groups -OCH3 is 1. The minimum Gasteiger partial charge on any atom is -0.492 e. The number of halogens is 1. The number of nitrogens with one attached hydrogen (secondary N) is 2. The van der Waals surface area contributed by atoms with E-state index >= 15 is 0 Å². The van der Waals surface area contributed by atoms with E-state index in [1.54, 1.807) is 13.2 Å². The molecule has 0 radical (unpaired) electrons. The number of carbonyl (C=O) groups is 2. The lowest BCUT2D eigenvalue weighted by atomic mass is 10.00. The number of hydrogen-bond donors (Lipinski definition) is 4. The Kier molecular flexibility index (Phi) is 7.05. The van der Waals surface area contributed by atoms with Crippen molar-refractivity contribution in [2.45, 2.75) is 31.4 Å². The van der Waals surface area contributed by atoms with Crippen LogP contribution in [0, 0.1) is 0 Å². The first-order chi connectivity index (χ1) is 13.9. The number of likely N-dealkylation sites (tertiary alicyclic amines) is 1. The number of nitrogens with two attached hydrogens (primary N) is 1. The minimum absolute atomic E-state index is 0.144. The summed E-state index contributed by atoms with van der Waals surface area (Å²) < 4.78 is 11.2. The topological polar surface area (TPSA) is 126 Å². The SMILES string of the molecule is COC1CN(CCCNC(=O)O)CCC1NC(=O)c1cc(Cl)c(N)c2c1OCC2. The molecule has 2 aliphatic rings. The van der Waals surface area contributed by atoms with Gasteiger partial charge in [0.15, 0.2) is 0 Å². The number of amides is 2. The van der Waals surface area contributed by atoms with Gasteiger partial charge in [0.1, 0.15) is 5.75 Å². The summed E-state index contributed by atoms with van der Waals surface area (Å²) in [6.07, 6.45) is 0.894. The number of carbonyl (C=O) groups excluding carboxylic acids is 1. The lowest BCUT2D eigenvalue weighted by Crippen LogP contribution is -2.55. The number of hydrogen-bond acceptors (Lipinski definition) is 6. The third kappa shape index (κ3) is 5.04. The van der Waals surface area contributed by atoms with Crippen LogP contribution in [0.5, 0.6) is 5.75 Å². The Hall–Kier alpha value is -2.23. The number of fused-ring (bicyclic) bond motifs is 1. The number of nitrogens with zero attached hydrogens (tertiary/aromatic N) is 1. The third-order valence-electron chi connectivity index (χ3n) is 5.41. The van der Waals surface area contributed by atoms with Gasteiger partial charge in [0, 0.05) is 38.7 Å². The van der Waals surface area contributed by atoms with Crippen molar-refractivity contribution in [1.82, 2.24) is 15.5 Å². The van der Waals surface area contributed by atoms with Gasteiger partial charge in [-0.25, -0.2) is 4.79 Å². The summed E-state index contributed by atoms with van der Waals surface area (Å²) in [5.41, 5.74) is 7.66. The Balaban J connectivity index is 1.59. The van der Waals surface area contributed by atoms with Crippen molar-refractivity contribution in [1.29, 1.82) is 0 Å². The third-order valence-corrected chi connectivity index (χ3v) is 5.72. The monoisotopic (exact) mass is 426 g/mol. The zero-order valence-corrected chi connectivity index (χ0v) is 17.1. The predicted molar refractivity (Wildman–Crippen MR) is 109 cm³/mol. The molecule has 29 heavy (non-hydrogen) atoms. The summed E-state index contributed by atoms with van der Waals surface area (Å²) in [6, 6.07) is 1.41. The van der Waals surface area contributed by atoms with Gasteiger partial charge in [-0.3, -0.25) is 4.79 Å². The Bertz CT molecular complexity index is 775. The van der Waals surface area contributed by atoms with Crippen LogP contribution in [-0.2, 0) is 11.2 Å². The van der Waals surface area contributed by atoms with E-state index in [9.17, 15) is 9.59 Å². The van der Waals surface area contributed by atoms with Crippen LogP contribution in [0.2, 0.25) is 5.02 Å². The fourth-order valence-electron chi connectivity index (χ4n) is 3.87. The van der Waals surface area contributed by atoms with Crippen LogP contribution in [0.3, 0.4) is 0 Å². The minimum atomic E-state index is -1.01. The average Bonchev–Trinajstić information content (AvgIpc) is 3.18. The zero-order valence-electron chi connectivity index (χ0n) is 16.4. The van der Waals surface area contributed by atoms with Crippen LogP contribution in [0.1, 0.15) is 28.8 Å². The van der Waals surface area contributed by atoms with E-state index in [1.165, 1.54) is 0 Å². The lowest BCUT2D eigenvalue weighted by Gasteiger charge is -2.38. The van der Waals surface area contributed by atoms with Crippen LogP contribution in [0.4, 0.5) is 10.5 Å². The van der Waals surface area contributed by atoms with E-state index in [0.29, 0.717) is 54.6 Å². The highest BCUT2D eigenvalue weighted by molar-refractivity contribution is 6.33. The Morgan fingerprint density at radius 2 is 2.28 bits per heavy atom. The molecule has 5 N–H and O–H groups in total. The summed E-state index contributed by atoms with van der Waals surface area (Å²) in [6.45, 7) is 3.10. The van der Waals surface area contributed by atoms with E-state index in [0.717, 1.165) is 25.1 Å². The molecule has 2 unspecified atom stereocenters. The van der Waals surface area contributed by atoms with Crippen LogP contribution < -0.4 is 21.1 Å². The standard InChI is InChI=1S/C19H27ClN4O5/c1-28-15-10-24(6-2-5-22-19(26)27)7-3-14(15)23-18(25)12-9-13(20)16(21)11-4-8-29-17(11)12/h9,14-15,22H,2-8,10,21H2,1H3,(H,23,25)(H,26,27). The van der Waals surface area contributed by atoms with E-state index in [2.05, 4.69) is 15.5 Å². The van der Waals surface area contributed by atoms with Crippen molar-refractivity contribution >= 4 is 29.3 Å². The molecule has 2 aliphatic heterocycles. The maximum Gasteiger partial charge on any atom is 0.404 e. The van der Waals surface area contributed by atoms with E-state index < -0.39 is 6.09 Å².